The highest BCUT2D eigenvalue weighted by Gasteiger charge is 2.24. The van der Waals surface area contributed by atoms with Gasteiger partial charge in [-0.15, -0.1) is 0 Å². The molecule has 1 rings (SSSR count). The zero-order valence-corrected chi connectivity index (χ0v) is 9.39. The summed E-state index contributed by atoms with van der Waals surface area (Å²) in [5.74, 6) is 0. The van der Waals surface area contributed by atoms with E-state index in [1.807, 2.05) is 0 Å². The Morgan fingerprint density at radius 3 is 2.58 bits per heavy atom. The molecule has 2 radical (unpaired) electrons. The molecule has 1 aliphatic heterocycles. The van der Waals surface area contributed by atoms with Gasteiger partial charge < -0.3 is 4.57 Å². The van der Waals surface area contributed by atoms with Crippen molar-refractivity contribution in [1.29, 1.82) is 0 Å². The van der Waals surface area contributed by atoms with Crippen LogP contribution >= 0.6 is 0 Å². The number of hydrogen-bond acceptors (Lipinski definition) is 1. The molecular formula is C9H17N2Si+. The van der Waals surface area contributed by atoms with Crippen LogP contribution in [0.4, 0.5) is 0 Å². The van der Waals surface area contributed by atoms with Gasteiger partial charge in [0.1, 0.15) is 6.54 Å². The fourth-order valence-electron chi connectivity index (χ4n) is 1.40. The molecule has 0 atom stereocenters. The maximum absolute atomic E-state index is 2.41. The molecule has 0 fully saturated rings. The Balaban J connectivity index is 2.83. The van der Waals surface area contributed by atoms with Crippen LogP contribution in [0.25, 0.3) is 0 Å². The highest BCUT2D eigenvalue weighted by molar-refractivity contribution is 6.25. The molecule has 0 amide bonds. The predicted octanol–water partition coefficient (Wildman–Crippen LogP) is 1.25. The molecule has 12 heavy (non-hydrogen) atoms. The average Bonchev–Trinajstić information content (AvgIpc) is 2.05. The SMILES string of the molecule is CCN1[Si][N+](CC)=C(C)C=C1C. The topological polar surface area (TPSA) is 6.25 Å². The molecule has 0 saturated heterocycles. The van der Waals surface area contributed by atoms with Gasteiger partial charge in [0.25, 0.3) is 0 Å². The zero-order valence-electron chi connectivity index (χ0n) is 8.39. The van der Waals surface area contributed by atoms with Crippen LogP contribution in [-0.4, -0.2) is 37.5 Å². The Kier molecular flexibility index (Phi) is 3.09. The fourth-order valence-corrected chi connectivity index (χ4v) is 2.42. The van der Waals surface area contributed by atoms with Crippen LogP contribution in [-0.2, 0) is 0 Å². The highest BCUT2D eigenvalue weighted by atomic mass is 28.2. The van der Waals surface area contributed by atoms with E-state index in [9.17, 15) is 0 Å². The normalized spacial score (nSPS) is 18.3. The van der Waals surface area contributed by atoms with Gasteiger partial charge in [-0.1, -0.05) is 0 Å². The van der Waals surface area contributed by atoms with E-state index in [0.29, 0.717) is 0 Å². The van der Waals surface area contributed by atoms with Crippen molar-refractivity contribution in [2.75, 3.05) is 13.1 Å². The van der Waals surface area contributed by atoms with Gasteiger partial charge >= 0.3 is 9.84 Å². The van der Waals surface area contributed by atoms with Crippen molar-refractivity contribution in [2.24, 2.45) is 0 Å². The minimum absolute atomic E-state index is 0.806. The maximum atomic E-state index is 2.41. The molecule has 1 heterocycles. The van der Waals surface area contributed by atoms with Crippen LogP contribution in [0.5, 0.6) is 0 Å². The number of allylic oxidation sites excluding steroid dienone is 2. The third-order valence-corrected chi connectivity index (χ3v) is 3.96. The molecule has 0 aromatic rings. The lowest BCUT2D eigenvalue weighted by Crippen LogP contribution is -2.40. The van der Waals surface area contributed by atoms with Crippen molar-refractivity contribution in [3.8, 4) is 0 Å². The number of hydrogen-bond donors (Lipinski definition) is 0. The number of nitrogens with zero attached hydrogens (tertiary/aromatic N) is 2. The molecule has 0 aromatic heterocycles. The van der Waals surface area contributed by atoms with Gasteiger partial charge in [0.05, 0.1) is 0 Å². The van der Waals surface area contributed by atoms with E-state index >= 15 is 0 Å². The van der Waals surface area contributed by atoms with Crippen molar-refractivity contribution < 1.29 is 4.24 Å². The Bertz CT molecular complexity index is 231. The predicted molar refractivity (Wildman–Crippen MR) is 53.4 cm³/mol. The van der Waals surface area contributed by atoms with Crippen molar-refractivity contribution in [3.05, 3.63) is 11.8 Å². The van der Waals surface area contributed by atoms with Crippen molar-refractivity contribution in [3.63, 3.8) is 0 Å². The van der Waals surface area contributed by atoms with E-state index in [1.165, 1.54) is 11.4 Å². The van der Waals surface area contributed by atoms with E-state index in [4.69, 9.17) is 0 Å². The number of rotatable bonds is 2. The summed E-state index contributed by atoms with van der Waals surface area (Å²) in [6, 6.07) is 0. The average molecular weight is 181 g/mol. The van der Waals surface area contributed by atoms with Crippen LogP contribution in [0.2, 0.25) is 0 Å². The first-order valence-corrected chi connectivity index (χ1v) is 5.41. The third-order valence-electron chi connectivity index (χ3n) is 2.14. The van der Waals surface area contributed by atoms with E-state index in [0.717, 1.165) is 22.9 Å². The van der Waals surface area contributed by atoms with Crippen LogP contribution < -0.4 is 0 Å². The quantitative estimate of drug-likeness (QED) is 0.581. The molecule has 3 heteroatoms. The Morgan fingerprint density at radius 2 is 2.08 bits per heavy atom. The second-order valence-corrected chi connectivity index (χ2v) is 4.30. The largest absolute Gasteiger partial charge is 0.644 e. The van der Waals surface area contributed by atoms with Crippen LogP contribution in [0.15, 0.2) is 11.8 Å². The zero-order chi connectivity index (χ0) is 9.14. The van der Waals surface area contributed by atoms with Gasteiger partial charge in [-0.05, 0) is 20.8 Å². The third kappa shape index (κ3) is 1.77. The lowest BCUT2D eigenvalue weighted by molar-refractivity contribution is -0.385. The van der Waals surface area contributed by atoms with Crippen LogP contribution in [0, 0.1) is 0 Å². The smallest absolute Gasteiger partial charge is 0.341 e. The van der Waals surface area contributed by atoms with E-state index in [-0.39, 0.29) is 0 Å². The second kappa shape index (κ2) is 3.89. The molecule has 0 aliphatic carbocycles. The molecule has 0 spiro atoms. The molecule has 0 N–H and O–H groups in total. The minimum Gasteiger partial charge on any atom is -0.341 e. The molecule has 0 unspecified atom stereocenters. The summed E-state index contributed by atoms with van der Waals surface area (Å²) in [4.78, 5) is 0. The molecular weight excluding hydrogens is 164 g/mol. The lowest BCUT2D eigenvalue weighted by atomic mass is 10.3. The van der Waals surface area contributed by atoms with E-state index in [1.54, 1.807) is 0 Å². The Morgan fingerprint density at radius 1 is 1.42 bits per heavy atom. The van der Waals surface area contributed by atoms with E-state index < -0.39 is 0 Å². The van der Waals surface area contributed by atoms with Crippen molar-refractivity contribution >= 4 is 15.6 Å². The van der Waals surface area contributed by atoms with Gasteiger partial charge in [0.2, 0.25) is 0 Å². The first-order valence-electron chi connectivity index (χ1n) is 4.52. The summed E-state index contributed by atoms with van der Waals surface area (Å²) in [6.07, 6.45) is 2.27. The first kappa shape index (κ1) is 9.51. The van der Waals surface area contributed by atoms with Crippen LogP contribution in [0.3, 0.4) is 0 Å². The molecule has 0 bridgehead atoms. The summed E-state index contributed by atoms with van der Waals surface area (Å²) in [7, 11) is 0.806. The first-order chi connectivity index (χ1) is 5.69. The van der Waals surface area contributed by atoms with Crippen LogP contribution in [0.1, 0.15) is 27.7 Å². The molecule has 0 aromatic carbocycles. The highest BCUT2D eigenvalue weighted by Crippen LogP contribution is 2.06. The van der Waals surface area contributed by atoms with Crippen molar-refractivity contribution in [1.82, 2.24) is 4.57 Å². The van der Waals surface area contributed by atoms with Gasteiger partial charge in [0, 0.05) is 25.2 Å². The monoisotopic (exact) mass is 181 g/mol. The Hall–Kier alpha value is -0.573. The summed E-state index contributed by atoms with van der Waals surface area (Å²) in [5.41, 5.74) is 2.80. The minimum atomic E-state index is 0.806. The molecule has 2 nitrogen and oxygen atoms in total. The van der Waals surface area contributed by atoms with Gasteiger partial charge in [-0.25, -0.2) is 0 Å². The standard InChI is InChI=1S/C9H17N2Si/c1-5-10-8(3)7-9(4)11(6-2)12-10/h7H,5-6H2,1-4H3/q+1. The van der Waals surface area contributed by atoms with Gasteiger partial charge in [0.15, 0.2) is 5.71 Å². The van der Waals surface area contributed by atoms with Gasteiger partial charge in [-0.2, -0.15) is 0 Å². The molecule has 1 aliphatic rings. The fraction of sp³-hybridized carbons (Fsp3) is 0.667. The van der Waals surface area contributed by atoms with Crippen molar-refractivity contribution in [2.45, 2.75) is 27.7 Å². The van der Waals surface area contributed by atoms with E-state index in [2.05, 4.69) is 42.6 Å². The summed E-state index contributed by atoms with van der Waals surface area (Å²) in [5, 5.41) is 0. The summed E-state index contributed by atoms with van der Waals surface area (Å²) < 4.78 is 4.83. The lowest BCUT2D eigenvalue weighted by Gasteiger charge is -2.22. The second-order valence-electron chi connectivity index (χ2n) is 3.02. The van der Waals surface area contributed by atoms with Gasteiger partial charge in [-0.3, -0.25) is 4.24 Å². The summed E-state index contributed by atoms with van der Waals surface area (Å²) in [6.45, 7) is 11.0. The summed E-state index contributed by atoms with van der Waals surface area (Å²) >= 11 is 0. The Labute approximate surface area is 77.6 Å². The maximum Gasteiger partial charge on any atom is 0.644 e. The molecule has 66 valence electrons. The molecule has 0 saturated carbocycles.